The zero-order valence-corrected chi connectivity index (χ0v) is 18.7. The highest BCUT2D eigenvalue weighted by atomic mass is 32.2. The SMILES string of the molecule is C.C=CCN1CC(c2ccc(NC(=O)OCc3ccccc3)cc2F)CCS1(=O)=O.CC. The summed E-state index contributed by atoms with van der Waals surface area (Å²) in [6.07, 6.45) is 1.19. The van der Waals surface area contributed by atoms with Crippen molar-refractivity contribution in [2.75, 3.05) is 24.2 Å². The van der Waals surface area contributed by atoms with Crippen molar-refractivity contribution in [3.8, 4) is 0 Å². The number of anilines is 1. The number of benzene rings is 2. The molecule has 1 saturated heterocycles. The molecule has 0 aromatic heterocycles. The van der Waals surface area contributed by atoms with Crippen molar-refractivity contribution < 1.29 is 22.3 Å². The van der Waals surface area contributed by atoms with Crippen molar-refractivity contribution in [1.29, 1.82) is 0 Å². The summed E-state index contributed by atoms with van der Waals surface area (Å²) in [4.78, 5) is 11.9. The van der Waals surface area contributed by atoms with Gasteiger partial charge in [-0.05, 0) is 29.7 Å². The van der Waals surface area contributed by atoms with Gasteiger partial charge in [0.25, 0.3) is 0 Å². The van der Waals surface area contributed by atoms with Crippen molar-refractivity contribution in [2.45, 2.75) is 40.2 Å². The Morgan fingerprint density at radius 2 is 1.94 bits per heavy atom. The van der Waals surface area contributed by atoms with Crippen molar-refractivity contribution in [3.63, 3.8) is 0 Å². The van der Waals surface area contributed by atoms with Crippen LogP contribution in [0, 0.1) is 5.82 Å². The number of hydrogen-bond acceptors (Lipinski definition) is 4. The normalized spacial score (nSPS) is 17.2. The first-order chi connectivity index (χ1) is 14.9. The van der Waals surface area contributed by atoms with E-state index in [1.54, 1.807) is 12.1 Å². The van der Waals surface area contributed by atoms with E-state index in [0.29, 0.717) is 12.0 Å². The van der Waals surface area contributed by atoms with Crippen LogP contribution in [0.15, 0.2) is 61.2 Å². The van der Waals surface area contributed by atoms with Crippen molar-refractivity contribution in [1.82, 2.24) is 4.31 Å². The Balaban J connectivity index is 0.00000166. The molecule has 6 nitrogen and oxygen atoms in total. The quantitative estimate of drug-likeness (QED) is 0.570. The van der Waals surface area contributed by atoms with Crippen LogP contribution in [0.3, 0.4) is 0 Å². The summed E-state index contributed by atoms with van der Waals surface area (Å²) < 4.78 is 45.3. The van der Waals surface area contributed by atoms with Crippen LogP contribution in [0.2, 0.25) is 0 Å². The van der Waals surface area contributed by atoms with Crippen LogP contribution in [0.25, 0.3) is 0 Å². The van der Waals surface area contributed by atoms with Crippen molar-refractivity contribution >= 4 is 21.8 Å². The summed E-state index contributed by atoms with van der Waals surface area (Å²) in [5, 5.41) is 2.50. The van der Waals surface area contributed by atoms with Gasteiger partial charge in [0.05, 0.1) is 5.75 Å². The Bertz CT molecular complexity index is 981. The Labute approximate surface area is 191 Å². The Hall–Kier alpha value is -2.71. The maximum Gasteiger partial charge on any atom is 0.411 e. The van der Waals surface area contributed by atoms with Crippen LogP contribution >= 0.6 is 0 Å². The lowest BCUT2D eigenvalue weighted by atomic mass is 9.95. The predicted octanol–water partition coefficient (Wildman–Crippen LogP) is 5.54. The largest absolute Gasteiger partial charge is 0.444 e. The van der Waals surface area contributed by atoms with E-state index in [4.69, 9.17) is 4.74 Å². The van der Waals surface area contributed by atoms with Crippen LogP contribution < -0.4 is 5.32 Å². The zero-order chi connectivity index (χ0) is 22.9. The lowest BCUT2D eigenvalue weighted by Gasteiger charge is -2.31. The molecule has 8 heteroatoms. The number of carbonyl (C=O) groups is 1. The summed E-state index contributed by atoms with van der Waals surface area (Å²) in [5.41, 5.74) is 1.55. The highest BCUT2D eigenvalue weighted by Crippen LogP contribution is 2.31. The molecule has 1 aliphatic heterocycles. The van der Waals surface area contributed by atoms with Gasteiger partial charge in [0, 0.05) is 24.7 Å². The van der Waals surface area contributed by atoms with E-state index in [2.05, 4.69) is 11.9 Å². The third kappa shape index (κ3) is 7.46. The molecular weight excluding hydrogens is 431 g/mol. The third-order valence-corrected chi connectivity index (χ3v) is 6.61. The first kappa shape index (κ1) is 27.3. The minimum absolute atomic E-state index is 0. The van der Waals surface area contributed by atoms with Gasteiger partial charge in [-0.2, -0.15) is 4.31 Å². The molecule has 0 spiro atoms. The molecule has 1 unspecified atom stereocenters. The number of hydrogen-bond donors (Lipinski definition) is 1. The molecule has 1 aliphatic rings. The molecule has 1 atom stereocenters. The molecule has 0 aliphatic carbocycles. The van der Waals surface area contributed by atoms with Crippen molar-refractivity contribution in [3.05, 3.63) is 78.1 Å². The number of ether oxygens (including phenoxy) is 1. The van der Waals surface area contributed by atoms with Gasteiger partial charge in [0.15, 0.2) is 0 Å². The maximum absolute atomic E-state index is 14.7. The first-order valence-electron chi connectivity index (χ1n) is 10.2. The fourth-order valence-electron chi connectivity index (χ4n) is 3.27. The average molecular weight is 465 g/mol. The topological polar surface area (TPSA) is 75.7 Å². The molecule has 1 heterocycles. The molecule has 1 N–H and O–H groups in total. The van der Waals surface area contributed by atoms with E-state index in [1.807, 2.05) is 44.2 Å². The second-order valence-corrected chi connectivity index (χ2v) is 8.92. The molecule has 0 radical (unpaired) electrons. The van der Waals surface area contributed by atoms with Gasteiger partial charge >= 0.3 is 6.09 Å². The number of nitrogens with zero attached hydrogens (tertiary/aromatic N) is 1. The van der Waals surface area contributed by atoms with Gasteiger partial charge in [-0.15, -0.1) is 6.58 Å². The van der Waals surface area contributed by atoms with Crippen LogP contribution in [0.1, 0.15) is 44.7 Å². The standard InChI is InChI=1S/C21H23FN2O4S.C2H6.CH4/c1-2-11-24-14-17(10-12-29(24,26)27)19-9-8-18(13-20(19)22)23-21(25)28-15-16-6-4-3-5-7-16;1-2;/h2-9,13,17H,1,10-12,14-15H2,(H,23,25);1-2H3;1H4. The summed E-state index contributed by atoms with van der Waals surface area (Å²) in [6.45, 7) is 8.10. The van der Waals surface area contributed by atoms with E-state index >= 15 is 0 Å². The molecule has 1 amide bonds. The predicted molar refractivity (Wildman–Crippen MR) is 128 cm³/mol. The van der Waals surface area contributed by atoms with Gasteiger partial charge in [0.1, 0.15) is 12.4 Å². The van der Waals surface area contributed by atoms with Crippen molar-refractivity contribution in [2.24, 2.45) is 0 Å². The van der Waals surface area contributed by atoms with E-state index in [9.17, 15) is 17.6 Å². The zero-order valence-electron chi connectivity index (χ0n) is 17.9. The number of carbonyl (C=O) groups excluding carboxylic acids is 1. The van der Waals surface area contributed by atoms with Gasteiger partial charge in [-0.1, -0.05) is 63.7 Å². The van der Waals surface area contributed by atoms with Crippen LogP contribution in [-0.2, 0) is 21.4 Å². The molecule has 2 aromatic rings. The number of halogens is 1. The van der Waals surface area contributed by atoms with Gasteiger partial charge < -0.3 is 4.74 Å². The summed E-state index contributed by atoms with van der Waals surface area (Å²) >= 11 is 0. The lowest BCUT2D eigenvalue weighted by Crippen LogP contribution is -2.41. The van der Waals surface area contributed by atoms with Gasteiger partial charge in [-0.25, -0.2) is 17.6 Å². The highest BCUT2D eigenvalue weighted by molar-refractivity contribution is 7.89. The molecule has 0 bridgehead atoms. The molecule has 2 aromatic carbocycles. The van der Waals surface area contributed by atoms with E-state index in [-0.39, 0.29) is 44.5 Å². The summed E-state index contributed by atoms with van der Waals surface area (Å²) in [6, 6.07) is 13.6. The van der Waals surface area contributed by atoms with E-state index in [1.165, 1.54) is 16.4 Å². The second kappa shape index (κ2) is 13.0. The molecule has 1 fully saturated rings. The first-order valence-corrected chi connectivity index (χ1v) is 11.9. The Kier molecular flexibility index (Phi) is 11.1. The van der Waals surface area contributed by atoms with Gasteiger partial charge in [0.2, 0.25) is 10.0 Å². The lowest BCUT2D eigenvalue weighted by molar-refractivity contribution is 0.155. The number of nitrogens with one attached hydrogen (secondary N) is 1. The molecule has 0 saturated carbocycles. The molecular formula is C24H33FN2O4S. The van der Waals surface area contributed by atoms with Crippen LogP contribution in [0.4, 0.5) is 14.9 Å². The highest BCUT2D eigenvalue weighted by Gasteiger charge is 2.32. The minimum atomic E-state index is -3.33. The Morgan fingerprint density at radius 1 is 1.25 bits per heavy atom. The summed E-state index contributed by atoms with van der Waals surface area (Å²) in [5.74, 6) is -0.775. The van der Waals surface area contributed by atoms with E-state index < -0.39 is 21.9 Å². The van der Waals surface area contributed by atoms with Crippen LogP contribution in [0.5, 0.6) is 0 Å². The maximum atomic E-state index is 14.7. The number of rotatable bonds is 6. The average Bonchev–Trinajstić information content (AvgIpc) is 2.76. The third-order valence-electron chi connectivity index (χ3n) is 4.77. The number of sulfonamides is 1. The second-order valence-electron chi connectivity index (χ2n) is 6.83. The number of amides is 1. The molecule has 3 rings (SSSR count). The monoisotopic (exact) mass is 464 g/mol. The van der Waals surface area contributed by atoms with Crippen LogP contribution in [-0.4, -0.2) is 37.7 Å². The minimum Gasteiger partial charge on any atom is -0.444 e. The smallest absolute Gasteiger partial charge is 0.411 e. The fourth-order valence-corrected chi connectivity index (χ4v) is 4.85. The fraction of sp³-hybridized carbons (Fsp3) is 0.375. The molecule has 32 heavy (non-hydrogen) atoms. The summed E-state index contributed by atoms with van der Waals surface area (Å²) in [7, 11) is -3.33. The van der Waals surface area contributed by atoms with E-state index in [0.717, 1.165) is 5.56 Å². The molecule has 176 valence electrons. The van der Waals surface area contributed by atoms with Gasteiger partial charge in [-0.3, -0.25) is 5.32 Å². The Morgan fingerprint density at radius 3 is 2.56 bits per heavy atom.